The number of aryl methyl sites for hydroxylation is 1. The standard InChI is InChI=1S/C17H17ClFNO2S/c1-11-9-15(16(22-2)10-14(11)18)20-17(21)7-8-23-13-5-3-12(19)4-6-13/h3-6,9-10H,7-8H2,1-2H3,(H,20,21). The molecule has 0 aromatic heterocycles. The molecule has 2 rings (SSSR count). The average molecular weight is 354 g/mol. The molecule has 122 valence electrons. The first-order valence-corrected chi connectivity index (χ1v) is 8.38. The van der Waals surface area contributed by atoms with Gasteiger partial charge in [0.2, 0.25) is 5.91 Å². The van der Waals surface area contributed by atoms with Gasteiger partial charge in [-0.05, 0) is 42.8 Å². The van der Waals surface area contributed by atoms with Crippen molar-refractivity contribution in [2.75, 3.05) is 18.2 Å². The Morgan fingerprint density at radius 2 is 2.00 bits per heavy atom. The van der Waals surface area contributed by atoms with E-state index in [1.54, 1.807) is 24.3 Å². The van der Waals surface area contributed by atoms with Crippen LogP contribution in [0.15, 0.2) is 41.3 Å². The molecule has 3 nitrogen and oxygen atoms in total. The first-order chi connectivity index (χ1) is 11.0. The molecule has 0 aliphatic heterocycles. The summed E-state index contributed by atoms with van der Waals surface area (Å²) in [4.78, 5) is 13.0. The number of rotatable bonds is 6. The van der Waals surface area contributed by atoms with Crippen molar-refractivity contribution in [1.29, 1.82) is 0 Å². The van der Waals surface area contributed by atoms with Gasteiger partial charge in [0.15, 0.2) is 0 Å². The van der Waals surface area contributed by atoms with E-state index in [1.807, 2.05) is 6.92 Å². The molecular weight excluding hydrogens is 337 g/mol. The highest BCUT2D eigenvalue weighted by molar-refractivity contribution is 7.99. The third kappa shape index (κ3) is 5.15. The van der Waals surface area contributed by atoms with Crippen LogP contribution in [-0.2, 0) is 4.79 Å². The number of nitrogens with one attached hydrogen (secondary N) is 1. The van der Waals surface area contributed by atoms with Crippen LogP contribution < -0.4 is 10.1 Å². The summed E-state index contributed by atoms with van der Waals surface area (Å²) < 4.78 is 18.0. The molecule has 0 atom stereocenters. The van der Waals surface area contributed by atoms with Crippen molar-refractivity contribution in [3.63, 3.8) is 0 Å². The molecule has 2 aromatic rings. The van der Waals surface area contributed by atoms with E-state index in [0.717, 1.165) is 10.5 Å². The number of carbonyl (C=O) groups is 1. The lowest BCUT2D eigenvalue weighted by Gasteiger charge is -2.12. The van der Waals surface area contributed by atoms with Crippen LogP contribution in [0.25, 0.3) is 0 Å². The minimum atomic E-state index is -0.266. The van der Waals surface area contributed by atoms with Crippen molar-refractivity contribution in [3.8, 4) is 5.75 Å². The summed E-state index contributed by atoms with van der Waals surface area (Å²) >= 11 is 7.54. The highest BCUT2D eigenvalue weighted by Crippen LogP contribution is 2.31. The lowest BCUT2D eigenvalue weighted by atomic mass is 10.2. The van der Waals surface area contributed by atoms with Gasteiger partial charge in [-0.25, -0.2) is 4.39 Å². The van der Waals surface area contributed by atoms with Gasteiger partial charge in [-0.1, -0.05) is 11.6 Å². The van der Waals surface area contributed by atoms with E-state index >= 15 is 0 Å². The zero-order valence-corrected chi connectivity index (χ0v) is 14.4. The molecule has 23 heavy (non-hydrogen) atoms. The maximum Gasteiger partial charge on any atom is 0.225 e. The topological polar surface area (TPSA) is 38.3 Å². The van der Waals surface area contributed by atoms with Gasteiger partial charge in [-0.15, -0.1) is 11.8 Å². The molecule has 0 radical (unpaired) electrons. The van der Waals surface area contributed by atoms with Crippen LogP contribution >= 0.6 is 23.4 Å². The Kier molecular flexibility index (Phi) is 6.30. The minimum Gasteiger partial charge on any atom is -0.495 e. The van der Waals surface area contributed by atoms with Crippen LogP contribution in [0.3, 0.4) is 0 Å². The van der Waals surface area contributed by atoms with E-state index in [0.29, 0.717) is 28.6 Å². The van der Waals surface area contributed by atoms with Crippen molar-refractivity contribution in [1.82, 2.24) is 0 Å². The van der Waals surface area contributed by atoms with Gasteiger partial charge in [0.05, 0.1) is 12.8 Å². The van der Waals surface area contributed by atoms with Crippen LogP contribution in [0.5, 0.6) is 5.75 Å². The largest absolute Gasteiger partial charge is 0.495 e. The molecule has 0 fully saturated rings. The maximum absolute atomic E-state index is 12.8. The SMILES string of the molecule is COc1cc(Cl)c(C)cc1NC(=O)CCSc1ccc(F)cc1. The van der Waals surface area contributed by atoms with Crippen molar-refractivity contribution in [3.05, 3.63) is 52.8 Å². The minimum absolute atomic E-state index is 0.111. The van der Waals surface area contributed by atoms with E-state index < -0.39 is 0 Å². The Morgan fingerprint density at radius 3 is 2.65 bits per heavy atom. The number of hydrogen-bond acceptors (Lipinski definition) is 3. The predicted octanol–water partition coefficient (Wildman–Crippen LogP) is 4.92. The summed E-state index contributed by atoms with van der Waals surface area (Å²) in [5.74, 6) is 0.754. The number of halogens is 2. The molecule has 0 aliphatic carbocycles. The van der Waals surface area contributed by atoms with Gasteiger partial charge in [-0.3, -0.25) is 4.79 Å². The number of hydrogen-bond donors (Lipinski definition) is 1. The van der Waals surface area contributed by atoms with Gasteiger partial charge < -0.3 is 10.1 Å². The predicted molar refractivity (Wildman–Crippen MR) is 93.1 cm³/mol. The van der Waals surface area contributed by atoms with Gasteiger partial charge >= 0.3 is 0 Å². The summed E-state index contributed by atoms with van der Waals surface area (Å²) in [7, 11) is 1.53. The number of ether oxygens (including phenoxy) is 1. The quantitative estimate of drug-likeness (QED) is 0.749. The van der Waals surface area contributed by atoms with Crippen molar-refractivity contribution >= 4 is 35.0 Å². The molecular formula is C17H17ClFNO2S. The molecule has 0 heterocycles. The number of anilines is 1. The Labute approximate surface area is 144 Å². The van der Waals surface area contributed by atoms with Gasteiger partial charge in [-0.2, -0.15) is 0 Å². The first-order valence-electron chi connectivity index (χ1n) is 7.02. The van der Waals surface area contributed by atoms with Crippen LogP contribution in [0.4, 0.5) is 10.1 Å². The van der Waals surface area contributed by atoms with Crippen molar-refractivity contribution in [2.45, 2.75) is 18.2 Å². The Morgan fingerprint density at radius 1 is 1.30 bits per heavy atom. The fraction of sp³-hybridized carbons (Fsp3) is 0.235. The summed E-state index contributed by atoms with van der Waals surface area (Å²) in [5, 5.41) is 3.42. The molecule has 2 aromatic carbocycles. The smallest absolute Gasteiger partial charge is 0.225 e. The Bertz CT molecular complexity index is 692. The van der Waals surface area contributed by atoms with E-state index in [-0.39, 0.29) is 11.7 Å². The number of methoxy groups -OCH3 is 1. The number of carbonyl (C=O) groups excluding carboxylic acids is 1. The van der Waals surface area contributed by atoms with E-state index in [1.165, 1.54) is 31.0 Å². The molecule has 0 saturated heterocycles. The number of amides is 1. The fourth-order valence-corrected chi connectivity index (χ4v) is 2.94. The average Bonchev–Trinajstić information content (AvgIpc) is 2.52. The van der Waals surface area contributed by atoms with Crippen LogP contribution in [0.1, 0.15) is 12.0 Å². The summed E-state index contributed by atoms with van der Waals surface area (Å²) in [6.45, 7) is 1.86. The molecule has 0 bridgehead atoms. The lowest BCUT2D eigenvalue weighted by molar-refractivity contribution is -0.115. The molecule has 0 unspecified atom stereocenters. The van der Waals surface area contributed by atoms with Crippen LogP contribution in [0, 0.1) is 12.7 Å². The lowest BCUT2D eigenvalue weighted by Crippen LogP contribution is -2.13. The van der Waals surface area contributed by atoms with Crippen molar-refractivity contribution < 1.29 is 13.9 Å². The third-order valence-electron chi connectivity index (χ3n) is 3.17. The van der Waals surface area contributed by atoms with E-state index in [9.17, 15) is 9.18 Å². The van der Waals surface area contributed by atoms with E-state index in [2.05, 4.69) is 5.32 Å². The second kappa shape index (κ2) is 8.22. The van der Waals surface area contributed by atoms with Crippen LogP contribution in [0.2, 0.25) is 5.02 Å². The highest BCUT2D eigenvalue weighted by Gasteiger charge is 2.10. The Balaban J connectivity index is 1.89. The summed E-state index contributed by atoms with van der Waals surface area (Å²) in [5.41, 5.74) is 1.47. The summed E-state index contributed by atoms with van der Waals surface area (Å²) in [6, 6.07) is 9.67. The zero-order valence-electron chi connectivity index (χ0n) is 12.9. The molecule has 0 aliphatic rings. The molecule has 1 N–H and O–H groups in total. The maximum atomic E-state index is 12.8. The number of benzene rings is 2. The second-order valence-corrected chi connectivity index (χ2v) is 6.48. The second-order valence-electron chi connectivity index (χ2n) is 4.90. The van der Waals surface area contributed by atoms with Gasteiger partial charge in [0.1, 0.15) is 11.6 Å². The molecule has 6 heteroatoms. The van der Waals surface area contributed by atoms with Crippen LogP contribution in [-0.4, -0.2) is 18.8 Å². The normalized spacial score (nSPS) is 10.4. The third-order valence-corrected chi connectivity index (χ3v) is 4.59. The molecule has 0 saturated carbocycles. The molecule has 0 spiro atoms. The summed E-state index contributed by atoms with van der Waals surface area (Å²) in [6.07, 6.45) is 0.340. The van der Waals surface area contributed by atoms with Gasteiger partial charge in [0, 0.05) is 28.2 Å². The zero-order chi connectivity index (χ0) is 16.8. The van der Waals surface area contributed by atoms with Crippen molar-refractivity contribution in [2.24, 2.45) is 0 Å². The fourth-order valence-electron chi connectivity index (χ4n) is 1.93. The number of thioether (sulfide) groups is 1. The monoisotopic (exact) mass is 353 g/mol. The Hall–Kier alpha value is -1.72. The molecule has 1 amide bonds. The van der Waals surface area contributed by atoms with Gasteiger partial charge in [0.25, 0.3) is 0 Å². The first kappa shape index (κ1) is 17.6. The van der Waals surface area contributed by atoms with E-state index in [4.69, 9.17) is 16.3 Å². The highest BCUT2D eigenvalue weighted by atomic mass is 35.5.